The molecule has 1 aliphatic carbocycles. The minimum Gasteiger partial charge on any atom is -0.0888 e. The maximum absolute atomic E-state index is 2.36. The van der Waals surface area contributed by atoms with Crippen molar-refractivity contribution < 1.29 is 0 Å². The first kappa shape index (κ1) is 9.83. The third-order valence-electron chi connectivity index (χ3n) is 2.87. The second-order valence-corrected chi connectivity index (χ2v) is 3.96. The van der Waals surface area contributed by atoms with Crippen molar-refractivity contribution in [2.24, 2.45) is 5.92 Å². The molecule has 0 N–H and O–H groups in total. The zero-order valence-corrected chi connectivity index (χ0v) is 8.39. The third kappa shape index (κ3) is 3.94. The fraction of sp³-hybridized carbons (Fsp3) is 0.833. The molecule has 0 radical (unpaired) electrons. The van der Waals surface area contributed by atoms with Crippen LogP contribution in [-0.4, -0.2) is 0 Å². The second kappa shape index (κ2) is 6.28. The van der Waals surface area contributed by atoms with Crippen LogP contribution in [0.2, 0.25) is 0 Å². The first-order chi connectivity index (χ1) is 5.93. The predicted octanol–water partition coefficient (Wildman–Crippen LogP) is 4.31. The lowest BCUT2D eigenvalue weighted by molar-refractivity contribution is 0.341. The minimum absolute atomic E-state index is 1.06. The molecule has 0 bridgehead atoms. The molecule has 70 valence electrons. The van der Waals surface area contributed by atoms with Gasteiger partial charge in [-0.1, -0.05) is 51.2 Å². The summed E-state index contributed by atoms with van der Waals surface area (Å²) < 4.78 is 0. The summed E-state index contributed by atoms with van der Waals surface area (Å²) in [6.45, 7) is 2.21. The van der Waals surface area contributed by atoms with Crippen LogP contribution in [0.4, 0.5) is 0 Å². The fourth-order valence-corrected chi connectivity index (χ4v) is 2.09. The van der Waals surface area contributed by atoms with E-state index in [4.69, 9.17) is 0 Å². The standard InChI is InChI=1S/C12H22/c1-2-3-4-6-9-12-10-7-5-8-11-12/h3-4,12H,2,5-11H2,1H3/b4-3+. The van der Waals surface area contributed by atoms with Crippen LogP contribution in [0.1, 0.15) is 58.3 Å². The molecule has 0 spiro atoms. The molecule has 0 amide bonds. The van der Waals surface area contributed by atoms with E-state index in [-0.39, 0.29) is 0 Å². The average Bonchev–Trinajstić information content (AvgIpc) is 2.14. The van der Waals surface area contributed by atoms with Crippen molar-refractivity contribution >= 4 is 0 Å². The van der Waals surface area contributed by atoms with E-state index in [1.807, 2.05) is 0 Å². The summed E-state index contributed by atoms with van der Waals surface area (Å²) in [4.78, 5) is 0. The normalized spacial score (nSPS) is 20.4. The van der Waals surface area contributed by atoms with Gasteiger partial charge in [0.2, 0.25) is 0 Å². The summed E-state index contributed by atoms with van der Waals surface area (Å²) in [5, 5.41) is 0. The van der Waals surface area contributed by atoms with E-state index in [0.29, 0.717) is 0 Å². The van der Waals surface area contributed by atoms with Gasteiger partial charge in [-0.05, 0) is 25.2 Å². The van der Waals surface area contributed by atoms with Crippen molar-refractivity contribution in [2.75, 3.05) is 0 Å². The maximum Gasteiger partial charge on any atom is -0.0348 e. The van der Waals surface area contributed by atoms with Crippen LogP contribution < -0.4 is 0 Å². The molecule has 0 aliphatic heterocycles. The van der Waals surface area contributed by atoms with Crippen LogP contribution in [0.25, 0.3) is 0 Å². The monoisotopic (exact) mass is 166 g/mol. The molecule has 1 fully saturated rings. The summed E-state index contributed by atoms with van der Waals surface area (Å²) in [5.41, 5.74) is 0. The Morgan fingerprint density at radius 3 is 2.50 bits per heavy atom. The van der Waals surface area contributed by atoms with E-state index in [1.165, 1.54) is 51.4 Å². The summed E-state index contributed by atoms with van der Waals surface area (Å²) in [6.07, 6.45) is 16.1. The van der Waals surface area contributed by atoms with Crippen molar-refractivity contribution in [1.82, 2.24) is 0 Å². The average molecular weight is 166 g/mol. The molecule has 1 aliphatic rings. The van der Waals surface area contributed by atoms with E-state index in [2.05, 4.69) is 19.1 Å². The zero-order valence-electron chi connectivity index (χ0n) is 8.39. The Hall–Kier alpha value is -0.260. The van der Waals surface area contributed by atoms with E-state index in [9.17, 15) is 0 Å². The molecule has 0 atom stereocenters. The molecule has 1 saturated carbocycles. The molecule has 0 unspecified atom stereocenters. The van der Waals surface area contributed by atoms with Crippen LogP contribution in [0, 0.1) is 5.92 Å². The molecule has 0 aromatic rings. The molecule has 0 heteroatoms. The molecule has 0 heterocycles. The molecular formula is C12H22. The Balaban J connectivity index is 2.01. The smallest absolute Gasteiger partial charge is 0.0348 e. The highest BCUT2D eigenvalue weighted by Crippen LogP contribution is 2.27. The molecule has 1 rings (SSSR count). The van der Waals surface area contributed by atoms with E-state index in [0.717, 1.165) is 5.92 Å². The van der Waals surface area contributed by atoms with Gasteiger partial charge in [0.15, 0.2) is 0 Å². The van der Waals surface area contributed by atoms with Gasteiger partial charge in [-0.25, -0.2) is 0 Å². The van der Waals surface area contributed by atoms with Crippen molar-refractivity contribution in [3.63, 3.8) is 0 Å². The highest BCUT2D eigenvalue weighted by molar-refractivity contribution is 4.81. The number of rotatable bonds is 4. The Morgan fingerprint density at radius 1 is 1.08 bits per heavy atom. The Kier molecular flexibility index (Phi) is 5.14. The summed E-state index contributed by atoms with van der Waals surface area (Å²) in [6, 6.07) is 0. The van der Waals surface area contributed by atoms with Crippen molar-refractivity contribution in [2.45, 2.75) is 58.3 Å². The quantitative estimate of drug-likeness (QED) is 0.546. The molecule has 0 aromatic carbocycles. The van der Waals surface area contributed by atoms with Crippen LogP contribution in [0.3, 0.4) is 0 Å². The number of hydrogen-bond acceptors (Lipinski definition) is 0. The SMILES string of the molecule is CC/C=C/CCC1CCCCC1. The van der Waals surface area contributed by atoms with Gasteiger partial charge in [-0.3, -0.25) is 0 Å². The zero-order chi connectivity index (χ0) is 8.65. The summed E-state index contributed by atoms with van der Waals surface area (Å²) in [7, 11) is 0. The lowest BCUT2D eigenvalue weighted by Crippen LogP contribution is -2.05. The molecular weight excluding hydrogens is 144 g/mol. The Labute approximate surface area is 77.1 Å². The van der Waals surface area contributed by atoms with Gasteiger partial charge in [0.05, 0.1) is 0 Å². The Bertz CT molecular complexity index is 118. The van der Waals surface area contributed by atoms with Gasteiger partial charge in [-0.15, -0.1) is 0 Å². The van der Waals surface area contributed by atoms with Gasteiger partial charge < -0.3 is 0 Å². The van der Waals surface area contributed by atoms with Crippen molar-refractivity contribution in [3.8, 4) is 0 Å². The highest BCUT2D eigenvalue weighted by atomic mass is 14.2. The fourth-order valence-electron chi connectivity index (χ4n) is 2.09. The van der Waals surface area contributed by atoms with Crippen LogP contribution in [0.15, 0.2) is 12.2 Å². The lowest BCUT2D eigenvalue weighted by atomic mass is 9.86. The topological polar surface area (TPSA) is 0 Å². The van der Waals surface area contributed by atoms with Crippen LogP contribution >= 0.6 is 0 Å². The van der Waals surface area contributed by atoms with Gasteiger partial charge in [-0.2, -0.15) is 0 Å². The minimum atomic E-state index is 1.06. The van der Waals surface area contributed by atoms with Crippen molar-refractivity contribution in [3.05, 3.63) is 12.2 Å². The van der Waals surface area contributed by atoms with Crippen molar-refractivity contribution in [1.29, 1.82) is 0 Å². The number of hydrogen-bond donors (Lipinski definition) is 0. The first-order valence-corrected chi connectivity index (χ1v) is 5.58. The third-order valence-corrected chi connectivity index (χ3v) is 2.87. The lowest BCUT2D eigenvalue weighted by Gasteiger charge is -2.20. The van der Waals surface area contributed by atoms with E-state index >= 15 is 0 Å². The van der Waals surface area contributed by atoms with Crippen LogP contribution in [-0.2, 0) is 0 Å². The van der Waals surface area contributed by atoms with Gasteiger partial charge in [0.25, 0.3) is 0 Å². The largest absolute Gasteiger partial charge is 0.0888 e. The Morgan fingerprint density at radius 2 is 1.83 bits per heavy atom. The van der Waals surface area contributed by atoms with Gasteiger partial charge in [0.1, 0.15) is 0 Å². The van der Waals surface area contributed by atoms with E-state index < -0.39 is 0 Å². The first-order valence-electron chi connectivity index (χ1n) is 5.58. The van der Waals surface area contributed by atoms with Gasteiger partial charge >= 0.3 is 0 Å². The summed E-state index contributed by atoms with van der Waals surface area (Å²) >= 11 is 0. The van der Waals surface area contributed by atoms with Crippen LogP contribution in [0.5, 0.6) is 0 Å². The highest BCUT2D eigenvalue weighted by Gasteiger charge is 2.11. The predicted molar refractivity (Wildman–Crippen MR) is 55.2 cm³/mol. The van der Waals surface area contributed by atoms with Gasteiger partial charge in [0, 0.05) is 0 Å². The number of allylic oxidation sites excluding steroid dienone is 2. The maximum atomic E-state index is 2.36. The molecule has 0 saturated heterocycles. The molecule has 0 aromatic heterocycles. The summed E-state index contributed by atoms with van der Waals surface area (Å²) in [5.74, 6) is 1.06. The van der Waals surface area contributed by atoms with E-state index in [1.54, 1.807) is 0 Å². The molecule has 0 nitrogen and oxygen atoms in total. The molecule has 12 heavy (non-hydrogen) atoms. The second-order valence-electron chi connectivity index (χ2n) is 3.96.